The maximum atomic E-state index is 14.1. The van der Waals surface area contributed by atoms with Gasteiger partial charge in [0.2, 0.25) is 0 Å². The van der Waals surface area contributed by atoms with Gasteiger partial charge in [-0.25, -0.2) is 13.2 Å². The van der Waals surface area contributed by atoms with Crippen LogP contribution in [0, 0.1) is 17.5 Å². The lowest BCUT2D eigenvalue weighted by Gasteiger charge is -2.20. The summed E-state index contributed by atoms with van der Waals surface area (Å²) in [6.07, 6.45) is 0. The molecule has 20 heavy (non-hydrogen) atoms. The standard InChI is InChI=1S/C15H13BrF3N/c1-2-20-15(9-3-6-12(17)14(19)7-9)11-5-4-10(16)8-13(11)18/h3-8,15,20H,2H2,1H3. The van der Waals surface area contributed by atoms with Gasteiger partial charge >= 0.3 is 0 Å². The Labute approximate surface area is 123 Å². The van der Waals surface area contributed by atoms with Gasteiger partial charge in [-0.15, -0.1) is 0 Å². The van der Waals surface area contributed by atoms with Gasteiger partial charge in [0, 0.05) is 10.0 Å². The Morgan fingerprint density at radius 1 is 1.00 bits per heavy atom. The second-order valence-electron chi connectivity index (χ2n) is 4.33. The first-order chi connectivity index (χ1) is 9.52. The van der Waals surface area contributed by atoms with Crippen LogP contribution in [0.15, 0.2) is 40.9 Å². The van der Waals surface area contributed by atoms with E-state index in [2.05, 4.69) is 21.2 Å². The second-order valence-corrected chi connectivity index (χ2v) is 5.25. The van der Waals surface area contributed by atoms with E-state index < -0.39 is 23.5 Å². The zero-order valence-electron chi connectivity index (χ0n) is 10.8. The van der Waals surface area contributed by atoms with Gasteiger partial charge in [0.25, 0.3) is 0 Å². The molecule has 2 aromatic rings. The second kappa shape index (κ2) is 6.41. The zero-order valence-corrected chi connectivity index (χ0v) is 12.3. The van der Waals surface area contributed by atoms with E-state index in [1.807, 2.05) is 6.92 Å². The molecule has 1 nitrogen and oxygen atoms in total. The van der Waals surface area contributed by atoms with Crippen LogP contribution in [0.25, 0.3) is 0 Å². The van der Waals surface area contributed by atoms with E-state index in [0.29, 0.717) is 22.1 Å². The van der Waals surface area contributed by atoms with E-state index in [-0.39, 0.29) is 0 Å². The number of benzene rings is 2. The Kier molecular flexibility index (Phi) is 4.83. The molecule has 0 aromatic heterocycles. The average molecular weight is 344 g/mol. The molecule has 2 rings (SSSR count). The maximum absolute atomic E-state index is 14.1. The summed E-state index contributed by atoms with van der Waals surface area (Å²) in [6.45, 7) is 2.43. The fraction of sp³-hybridized carbons (Fsp3) is 0.200. The molecule has 1 atom stereocenters. The SMILES string of the molecule is CCNC(c1ccc(F)c(F)c1)c1ccc(Br)cc1F. The quantitative estimate of drug-likeness (QED) is 0.857. The third-order valence-electron chi connectivity index (χ3n) is 2.96. The lowest BCUT2D eigenvalue weighted by atomic mass is 9.98. The minimum atomic E-state index is -0.942. The van der Waals surface area contributed by atoms with Crippen molar-refractivity contribution in [1.82, 2.24) is 5.32 Å². The lowest BCUT2D eigenvalue weighted by Crippen LogP contribution is -2.23. The Morgan fingerprint density at radius 3 is 2.35 bits per heavy atom. The van der Waals surface area contributed by atoms with Gasteiger partial charge in [-0.2, -0.15) is 0 Å². The summed E-state index contributed by atoms with van der Waals surface area (Å²) in [5.41, 5.74) is 0.869. The Hall–Kier alpha value is -1.33. The first kappa shape index (κ1) is 15.1. The molecule has 0 fully saturated rings. The van der Waals surface area contributed by atoms with Crippen molar-refractivity contribution in [2.24, 2.45) is 0 Å². The summed E-state index contributed by atoms with van der Waals surface area (Å²) in [5, 5.41) is 3.08. The van der Waals surface area contributed by atoms with Gasteiger partial charge in [0.1, 0.15) is 5.82 Å². The lowest BCUT2D eigenvalue weighted by molar-refractivity contribution is 0.502. The molecule has 106 valence electrons. The van der Waals surface area contributed by atoms with Gasteiger partial charge in [0.05, 0.1) is 6.04 Å². The molecular weight excluding hydrogens is 331 g/mol. The van der Waals surface area contributed by atoms with Crippen molar-refractivity contribution < 1.29 is 13.2 Å². The molecule has 2 aromatic carbocycles. The molecule has 0 aliphatic heterocycles. The molecule has 0 aliphatic rings. The molecule has 1 N–H and O–H groups in total. The van der Waals surface area contributed by atoms with Crippen LogP contribution in [0.2, 0.25) is 0 Å². The Bertz CT molecular complexity index is 616. The molecular formula is C15H13BrF3N. The van der Waals surface area contributed by atoms with Crippen molar-refractivity contribution in [3.05, 3.63) is 69.4 Å². The van der Waals surface area contributed by atoms with Crippen LogP contribution in [0.1, 0.15) is 24.1 Å². The summed E-state index contributed by atoms with van der Waals surface area (Å²) in [5.74, 6) is -2.27. The third kappa shape index (κ3) is 3.22. The minimum Gasteiger partial charge on any atom is -0.306 e. The predicted octanol–water partition coefficient (Wildman–Crippen LogP) is 4.57. The highest BCUT2D eigenvalue weighted by atomic mass is 79.9. The largest absolute Gasteiger partial charge is 0.306 e. The highest BCUT2D eigenvalue weighted by Crippen LogP contribution is 2.27. The van der Waals surface area contributed by atoms with Gasteiger partial charge in [-0.05, 0) is 36.4 Å². The predicted molar refractivity (Wildman–Crippen MR) is 76.0 cm³/mol. The van der Waals surface area contributed by atoms with Crippen molar-refractivity contribution in [2.75, 3.05) is 6.54 Å². The summed E-state index contributed by atoms with van der Waals surface area (Å²) in [7, 11) is 0. The van der Waals surface area contributed by atoms with Crippen LogP contribution in [-0.4, -0.2) is 6.54 Å². The van der Waals surface area contributed by atoms with Crippen LogP contribution in [0.3, 0.4) is 0 Å². The summed E-state index contributed by atoms with van der Waals surface area (Å²) < 4.78 is 41.0. The number of hydrogen-bond acceptors (Lipinski definition) is 1. The highest BCUT2D eigenvalue weighted by molar-refractivity contribution is 9.10. The van der Waals surface area contributed by atoms with E-state index in [9.17, 15) is 13.2 Å². The first-order valence-corrected chi connectivity index (χ1v) is 6.95. The molecule has 0 aliphatic carbocycles. The fourth-order valence-corrected chi connectivity index (χ4v) is 2.37. The minimum absolute atomic E-state index is 0.390. The average Bonchev–Trinajstić information content (AvgIpc) is 2.40. The third-order valence-corrected chi connectivity index (χ3v) is 3.45. The molecule has 0 spiro atoms. The summed E-state index contributed by atoms with van der Waals surface area (Å²) in [4.78, 5) is 0. The molecule has 0 saturated carbocycles. The monoisotopic (exact) mass is 343 g/mol. The van der Waals surface area contributed by atoms with Crippen LogP contribution in [0.4, 0.5) is 13.2 Å². The van der Waals surface area contributed by atoms with Crippen LogP contribution in [0.5, 0.6) is 0 Å². The van der Waals surface area contributed by atoms with Crippen molar-refractivity contribution >= 4 is 15.9 Å². The maximum Gasteiger partial charge on any atom is 0.159 e. The Morgan fingerprint density at radius 2 is 1.75 bits per heavy atom. The van der Waals surface area contributed by atoms with Gasteiger partial charge in [-0.1, -0.05) is 35.0 Å². The number of halogens is 4. The van der Waals surface area contributed by atoms with E-state index >= 15 is 0 Å². The highest BCUT2D eigenvalue weighted by Gasteiger charge is 2.18. The molecule has 0 radical (unpaired) electrons. The van der Waals surface area contributed by atoms with Crippen molar-refractivity contribution in [3.63, 3.8) is 0 Å². The van der Waals surface area contributed by atoms with E-state index in [0.717, 1.165) is 12.1 Å². The van der Waals surface area contributed by atoms with Gasteiger partial charge in [-0.3, -0.25) is 0 Å². The summed E-state index contributed by atoms with van der Waals surface area (Å²) in [6, 6.07) is 7.74. The smallest absolute Gasteiger partial charge is 0.159 e. The van der Waals surface area contributed by atoms with Crippen LogP contribution >= 0.6 is 15.9 Å². The van der Waals surface area contributed by atoms with Gasteiger partial charge < -0.3 is 5.32 Å². The number of nitrogens with one attached hydrogen (secondary N) is 1. The molecule has 1 unspecified atom stereocenters. The fourth-order valence-electron chi connectivity index (χ4n) is 2.04. The molecule has 5 heteroatoms. The molecule has 0 heterocycles. The van der Waals surface area contributed by atoms with Crippen molar-refractivity contribution in [2.45, 2.75) is 13.0 Å². The molecule has 0 saturated heterocycles. The van der Waals surface area contributed by atoms with Crippen molar-refractivity contribution in [1.29, 1.82) is 0 Å². The van der Waals surface area contributed by atoms with Crippen LogP contribution in [-0.2, 0) is 0 Å². The van der Waals surface area contributed by atoms with Crippen LogP contribution < -0.4 is 5.32 Å². The van der Waals surface area contributed by atoms with E-state index in [4.69, 9.17) is 0 Å². The number of rotatable bonds is 4. The summed E-state index contributed by atoms with van der Waals surface area (Å²) >= 11 is 3.19. The normalized spacial score (nSPS) is 12.4. The molecule has 0 bridgehead atoms. The van der Waals surface area contributed by atoms with E-state index in [1.165, 1.54) is 12.1 Å². The topological polar surface area (TPSA) is 12.0 Å². The zero-order chi connectivity index (χ0) is 14.7. The molecule has 0 amide bonds. The van der Waals surface area contributed by atoms with Crippen molar-refractivity contribution in [3.8, 4) is 0 Å². The van der Waals surface area contributed by atoms with Gasteiger partial charge in [0.15, 0.2) is 11.6 Å². The Balaban J connectivity index is 2.47. The first-order valence-electron chi connectivity index (χ1n) is 6.16. The number of hydrogen-bond donors (Lipinski definition) is 1. The van der Waals surface area contributed by atoms with E-state index in [1.54, 1.807) is 12.1 Å².